The first-order chi connectivity index (χ1) is 9.90. The first-order valence-corrected chi connectivity index (χ1v) is 8.70. The van der Waals surface area contributed by atoms with Gasteiger partial charge < -0.3 is 10.5 Å². The van der Waals surface area contributed by atoms with Gasteiger partial charge >= 0.3 is 0 Å². The van der Waals surface area contributed by atoms with E-state index >= 15 is 0 Å². The van der Waals surface area contributed by atoms with Crippen molar-refractivity contribution in [3.8, 4) is 0 Å². The second-order valence-corrected chi connectivity index (χ2v) is 7.71. The molecule has 1 saturated heterocycles. The van der Waals surface area contributed by atoms with E-state index in [1.165, 1.54) is 10.4 Å². The number of methoxy groups -OCH3 is 1. The van der Waals surface area contributed by atoms with Crippen molar-refractivity contribution in [1.29, 1.82) is 0 Å². The van der Waals surface area contributed by atoms with Crippen molar-refractivity contribution < 1.29 is 13.2 Å². The zero-order valence-electron chi connectivity index (χ0n) is 12.3. The van der Waals surface area contributed by atoms with Crippen LogP contribution in [0.25, 0.3) is 0 Å². The van der Waals surface area contributed by atoms with Crippen LogP contribution in [0.5, 0.6) is 0 Å². The molecule has 21 heavy (non-hydrogen) atoms. The van der Waals surface area contributed by atoms with Crippen LogP contribution in [0.2, 0.25) is 5.02 Å². The van der Waals surface area contributed by atoms with Gasteiger partial charge in [-0.15, -0.1) is 0 Å². The SMILES string of the molecule is COCC1CCN(S(=O)(=O)c2cc(Cl)cc(CN)c2C)C1. The van der Waals surface area contributed by atoms with Gasteiger partial charge in [-0.25, -0.2) is 8.42 Å². The highest BCUT2D eigenvalue weighted by Gasteiger charge is 2.33. The number of nitrogens with two attached hydrogens (primary N) is 1. The summed E-state index contributed by atoms with van der Waals surface area (Å²) < 4.78 is 32.2. The molecule has 1 aliphatic heterocycles. The van der Waals surface area contributed by atoms with E-state index in [9.17, 15) is 8.42 Å². The van der Waals surface area contributed by atoms with Gasteiger partial charge in [0.05, 0.1) is 11.5 Å². The molecule has 0 aromatic heterocycles. The van der Waals surface area contributed by atoms with E-state index in [2.05, 4.69) is 0 Å². The number of nitrogens with zero attached hydrogens (tertiary/aromatic N) is 1. The number of hydrogen-bond acceptors (Lipinski definition) is 4. The number of ether oxygens (including phenoxy) is 1. The van der Waals surface area contributed by atoms with Gasteiger partial charge in [0.2, 0.25) is 10.0 Å². The fraction of sp³-hybridized carbons (Fsp3) is 0.571. The largest absolute Gasteiger partial charge is 0.384 e. The first-order valence-electron chi connectivity index (χ1n) is 6.88. The Bertz CT molecular complexity index is 619. The highest BCUT2D eigenvalue weighted by Crippen LogP contribution is 2.30. The summed E-state index contributed by atoms with van der Waals surface area (Å²) in [7, 11) is -1.91. The van der Waals surface area contributed by atoms with Crippen LogP contribution < -0.4 is 5.73 Å². The maximum absolute atomic E-state index is 12.8. The van der Waals surface area contributed by atoms with Crippen molar-refractivity contribution in [1.82, 2.24) is 4.31 Å². The lowest BCUT2D eigenvalue weighted by Crippen LogP contribution is -2.30. The molecule has 1 fully saturated rings. The van der Waals surface area contributed by atoms with Crippen molar-refractivity contribution in [2.45, 2.75) is 24.8 Å². The number of sulfonamides is 1. The Balaban J connectivity index is 2.35. The molecule has 1 aromatic rings. The molecule has 0 radical (unpaired) electrons. The van der Waals surface area contributed by atoms with Crippen LogP contribution in [-0.2, 0) is 21.3 Å². The second-order valence-electron chi connectivity index (χ2n) is 5.37. The molecular weight excluding hydrogens is 312 g/mol. The van der Waals surface area contributed by atoms with Crippen LogP contribution in [0.3, 0.4) is 0 Å². The molecule has 118 valence electrons. The zero-order valence-corrected chi connectivity index (χ0v) is 13.9. The number of rotatable bonds is 5. The van der Waals surface area contributed by atoms with E-state index in [0.29, 0.717) is 30.3 Å². The molecule has 2 N–H and O–H groups in total. The van der Waals surface area contributed by atoms with Crippen LogP contribution in [-0.4, -0.2) is 39.5 Å². The van der Waals surface area contributed by atoms with E-state index in [1.807, 2.05) is 0 Å². The molecule has 0 aliphatic carbocycles. The number of hydrogen-bond donors (Lipinski definition) is 1. The quantitative estimate of drug-likeness (QED) is 0.891. The molecular formula is C14H21ClN2O3S. The fourth-order valence-electron chi connectivity index (χ4n) is 2.71. The Morgan fingerprint density at radius 1 is 1.48 bits per heavy atom. The van der Waals surface area contributed by atoms with Crippen LogP contribution in [0.4, 0.5) is 0 Å². The highest BCUT2D eigenvalue weighted by atomic mass is 35.5. The summed E-state index contributed by atoms with van der Waals surface area (Å²) in [5.74, 6) is 0.248. The van der Waals surface area contributed by atoms with Crippen LogP contribution in [0.15, 0.2) is 17.0 Å². The molecule has 1 aliphatic rings. The summed E-state index contributed by atoms with van der Waals surface area (Å²) in [5, 5.41) is 0.396. The molecule has 0 spiro atoms. The Morgan fingerprint density at radius 3 is 2.81 bits per heavy atom. The van der Waals surface area contributed by atoms with E-state index in [-0.39, 0.29) is 17.4 Å². The van der Waals surface area contributed by atoms with Gasteiger partial charge in [0.1, 0.15) is 0 Å². The average molecular weight is 333 g/mol. The van der Waals surface area contributed by atoms with E-state index < -0.39 is 10.0 Å². The van der Waals surface area contributed by atoms with Crippen molar-refractivity contribution in [2.24, 2.45) is 11.7 Å². The smallest absolute Gasteiger partial charge is 0.243 e. The Morgan fingerprint density at radius 2 is 2.19 bits per heavy atom. The molecule has 5 nitrogen and oxygen atoms in total. The fourth-order valence-corrected chi connectivity index (χ4v) is 4.84. The van der Waals surface area contributed by atoms with Crippen LogP contribution >= 0.6 is 11.6 Å². The van der Waals surface area contributed by atoms with E-state index in [4.69, 9.17) is 22.1 Å². The maximum Gasteiger partial charge on any atom is 0.243 e. The summed E-state index contributed by atoms with van der Waals surface area (Å²) in [5.41, 5.74) is 7.10. The second kappa shape index (κ2) is 6.62. The van der Waals surface area contributed by atoms with Crippen molar-refractivity contribution >= 4 is 21.6 Å². The summed E-state index contributed by atoms with van der Waals surface area (Å²) in [6.45, 7) is 3.62. The third-order valence-corrected chi connectivity index (χ3v) is 6.13. The highest BCUT2D eigenvalue weighted by molar-refractivity contribution is 7.89. The Kier molecular flexibility index (Phi) is 5.27. The van der Waals surface area contributed by atoms with E-state index in [1.54, 1.807) is 20.1 Å². The van der Waals surface area contributed by atoms with Crippen molar-refractivity contribution in [3.63, 3.8) is 0 Å². The topological polar surface area (TPSA) is 72.6 Å². The van der Waals surface area contributed by atoms with Gasteiger partial charge in [0.15, 0.2) is 0 Å². The lowest BCUT2D eigenvalue weighted by Gasteiger charge is -2.19. The number of benzene rings is 1. The monoisotopic (exact) mass is 332 g/mol. The Labute approximate surface area is 131 Å². The van der Waals surface area contributed by atoms with E-state index in [0.717, 1.165) is 12.0 Å². The van der Waals surface area contributed by atoms with Gasteiger partial charge in [0.25, 0.3) is 0 Å². The third-order valence-electron chi connectivity index (χ3n) is 3.92. The zero-order chi connectivity index (χ0) is 15.6. The normalized spacial score (nSPS) is 20.1. The molecule has 1 heterocycles. The molecule has 7 heteroatoms. The predicted molar refractivity (Wildman–Crippen MR) is 82.8 cm³/mol. The average Bonchev–Trinajstić information content (AvgIpc) is 2.90. The molecule has 0 bridgehead atoms. The minimum absolute atomic E-state index is 0.248. The van der Waals surface area contributed by atoms with Crippen LogP contribution in [0.1, 0.15) is 17.5 Å². The van der Waals surface area contributed by atoms with Crippen molar-refractivity contribution in [2.75, 3.05) is 26.8 Å². The van der Waals surface area contributed by atoms with Gasteiger partial charge in [-0.2, -0.15) is 4.31 Å². The van der Waals surface area contributed by atoms with Crippen molar-refractivity contribution in [3.05, 3.63) is 28.3 Å². The molecule has 1 aromatic carbocycles. The lowest BCUT2D eigenvalue weighted by atomic mass is 10.1. The predicted octanol–water partition coefficient (Wildman–Crippen LogP) is 1.76. The first kappa shape index (κ1) is 16.7. The number of halogens is 1. The maximum atomic E-state index is 12.8. The standard InChI is InChI=1S/C14H21ClN2O3S/c1-10-12(7-16)5-13(15)6-14(10)21(18,19)17-4-3-11(8-17)9-20-2/h5-6,11H,3-4,7-9,16H2,1-2H3. The summed E-state index contributed by atoms with van der Waals surface area (Å²) in [6.07, 6.45) is 0.816. The van der Waals surface area contributed by atoms with Gasteiger partial charge in [-0.05, 0) is 42.5 Å². The lowest BCUT2D eigenvalue weighted by molar-refractivity contribution is 0.157. The summed E-state index contributed by atoms with van der Waals surface area (Å²) in [4.78, 5) is 0.258. The Hall–Kier alpha value is -0.660. The molecule has 0 amide bonds. The molecule has 1 unspecified atom stereocenters. The van der Waals surface area contributed by atoms with Crippen LogP contribution in [0, 0.1) is 12.8 Å². The molecule has 0 saturated carbocycles. The van der Waals surface area contributed by atoms with Gasteiger partial charge in [0, 0.05) is 31.8 Å². The minimum Gasteiger partial charge on any atom is -0.384 e. The minimum atomic E-state index is -3.54. The molecule has 2 rings (SSSR count). The third kappa shape index (κ3) is 3.40. The summed E-state index contributed by atoms with van der Waals surface area (Å²) in [6, 6.07) is 3.22. The molecule has 1 atom stereocenters. The summed E-state index contributed by atoms with van der Waals surface area (Å²) >= 11 is 6.03. The van der Waals surface area contributed by atoms with Gasteiger partial charge in [-0.3, -0.25) is 0 Å². The van der Waals surface area contributed by atoms with Gasteiger partial charge in [-0.1, -0.05) is 11.6 Å².